The first-order chi connectivity index (χ1) is 12.1. The number of carbonyl (C=O) groups excluding carboxylic acids is 1. The van der Waals surface area contributed by atoms with Gasteiger partial charge in [-0.1, -0.05) is 19.1 Å². The predicted molar refractivity (Wildman–Crippen MR) is 90.2 cm³/mol. The van der Waals surface area contributed by atoms with Crippen LogP contribution in [0.2, 0.25) is 0 Å². The van der Waals surface area contributed by atoms with Crippen molar-refractivity contribution in [3.63, 3.8) is 0 Å². The zero-order valence-electron chi connectivity index (χ0n) is 14.2. The fourth-order valence-electron chi connectivity index (χ4n) is 3.03. The molecule has 0 spiro atoms. The Balaban J connectivity index is 1.52. The van der Waals surface area contributed by atoms with E-state index in [1.807, 2.05) is 30.3 Å². The van der Waals surface area contributed by atoms with E-state index >= 15 is 0 Å². The van der Waals surface area contributed by atoms with Crippen LogP contribution in [0.1, 0.15) is 41.1 Å². The molecule has 2 aromatic heterocycles. The summed E-state index contributed by atoms with van der Waals surface area (Å²) in [5.41, 5.74) is 1.19. The van der Waals surface area contributed by atoms with Crippen molar-refractivity contribution in [1.29, 1.82) is 0 Å². The molecule has 0 N–H and O–H groups in total. The molecule has 0 radical (unpaired) electrons. The van der Waals surface area contributed by atoms with E-state index in [9.17, 15) is 4.79 Å². The van der Waals surface area contributed by atoms with E-state index in [1.54, 1.807) is 18.0 Å². The Hall–Kier alpha value is -2.96. The molecule has 128 valence electrons. The number of furan rings is 1. The number of nitrogens with zero attached hydrogens (tertiary/aromatic N) is 5. The van der Waals surface area contributed by atoms with Gasteiger partial charge in [-0.15, -0.1) is 5.10 Å². The van der Waals surface area contributed by atoms with Gasteiger partial charge in [0.15, 0.2) is 0 Å². The molecule has 1 aliphatic carbocycles. The molecule has 0 bridgehead atoms. The standard InChI is InChI=1S/C18H19N5O2/c1-12-9-15(12)17-8-7-13(25-17)10-22(2)18(24)14-5-3-4-6-16(14)23-11-19-20-21-23/h3-8,11-12,15H,9-10H2,1-2H3/t12-,15+/m1/s1. The van der Waals surface area contributed by atoms with E-state index in [-0.39, 0.29) is 5.91 Å². The zero-order valence-corrected chi connectivity index (χ0v) is 14.2. The van der Waals surface area contributed by atoms with Gasteiger partial charge in [0.2, 0.25) is 0 Å². The van der Waals surface area contributed by atoms with E-state index in [2.05, 4.69) is 22.4 Å². The summed E-state index contributed by atoms with van der Waals surface area (Å²) in [7, 11) is 1.76. The monoisotopic (exact) mass is 337 g/mol. The number of aromatic nitrogens is 4. The highest BCUT2D eigenvalue weighted by atomic mass is 16.3. The van der Waals surface area contributed by atoms with Crippen LogP contribution in [-0.2, 0) is 6.54 Å². The maximum absolute atomic E-state index is 12.9. The van der Waals surface area contributed by atoms with Gasteiger partial charge < -0.3 is 9.32 Å². The number of hydrogen-bond acceptors (Lipinski definition) is 5. The number of para-hydroxylation sites is 1. The molecule has 2 heterocycles. The number of benzene rings is 1. The number of hydrogen-bond donors (Lipinski definition) is 0. The minimum Gasteiger partial charge on any atom is -0.464 e. The minimum atomic E-state index is -0.108. The van der Waals surface area contributed by atoms with Crippen molar-refractivity contribution < 1.29 is 9.21 Å². The molecule has 1 aliphatic rings. The second-order valence-electron chi connectivity index (χ2n) is 6.56. The third-order valence-electron chi connectivity index (χ3n) is 4.63. The van der Waals surface area contributed by atoms with E-state index < -0.39 is 0 Å². The van der Waals surface area contributed by atoms with Crippen LogP contribution in [0.3, 0.4) is 0 Å². The van der Waals surface area contributed by atoms with Gasteiger partial charge in [-0.05, 0) is 47.0 Å². The molecular weight excluding hydrogens is 318 g/mol. The number of amides is 1. The number of carbonyl (C=O) groups is 1. The van der Waals surface area contributed by atoms with Gasteiger partial charge in [0, 0.05) is 13.0 Å². The number of rotatable bonds is 5. The van der Waals surface area contributed by atoms with E-state index in [1.165, 1.54) is 17.4 Å². The van der Waals surface area contributed by atoms with Crippen molar-refractivity contribution in [3.05, 3.63) is 59.8 Å². The summed E-state index contributed by atoms with van der Waals surface area (Å²) in [4.78, 5) is 14.5. The van der Waals surface area contributed by atoms with Gasteiger partial charge in [0.1, 0.15) is 17.8 Å². The summed E-state index contributed by atoms with van der Waals surface area (Å²) in [6.45, 7) is 2.64. The molecule has 7 heteroatoms. The Labute approximate surface area is 145 Å². The molecule has 3 aromatic rings. The summed E-state index contributed by atoms with van der Waals surface area (Å²) in [5, 5.41) is 11.1. The van der Waals surface area contributed by atoms with Crippen molar-refractivity contribution in [2.24, 2.45) is 5.92 Å². The van der Waals surface area contributed by atoms with Crippen LogP contribution in [0.4, 0.5) is 0 Å². The van der Waals surface area contributed by atoms with E-state index in [0.717, 1.165) is 11.5 Å². The van der Waals surface area contributed by atoms with Crippen LogP contribution in [-0.4, -0.2) is 38.1 Å². The van der Waals surface area contributed by atoms with Crippen molar-refractivity contribution in [3.8, 4) is 5.69 Å². The van der Waals surface area contributed by atoms with E-state index in [0.29, 0.717) is 29.6 Å². The second kappa shape index (κ2) is 6.16. The molecule has 25 heavy (non-hydrogen) atoms. The van der Waals surface area contributed by atoms with Crippen LogP contribution in [0.15, 0.2) is 47.1 Å². The molecule has 4 rings (SSSR count). The molecule has 0 unspecified atom stereocenters. The summed E-state index contributed by atoms with van der Waals surface area (Å²) < 4.78 is 7.39. The largest absolute Gasteiger partial charge is 0.464 e. The molecule has 1 amide bonds. The maximum Gasteiger partial charge on any atom is 0.256 e. The lowest BCUT2D eigenvalue weighted by Gasteiger charge is -2.17. The number of tetrazole rings is 1. The van der Waals surface area contributed by atoms with Crippen LogP contribution in [0, 0.1) is 5.92 Å². The maximum atomic E-state index is 12.9. The van der Waals surface area contributed by atoms with Crippen molar-refractivity contribution >= 4 is 5.91 Å². The molecule has 2 atom stereocenters. The van der Waals surface area contributed by atoms with Crippen LogP contribution in [0.25, 0.3) is 5.69 Å². The topological polar surface area (TPSA) is 77.1 Å². The first-order valence-corrected chi connectivity index (χ1v) is 8.30. The van der Waals surface area contributed by atoms with Gasteiger partial charge in [-0.3, -0.25) is 4.79 Å². The van der Waals surface area contributed by atoms with Crippen LogP contribution in [0.5, 0.6) is 0 Å². The molecular formula is C18H19N5O2. The van der Waals surface area contributed by atoms with Gasteiger partial charge in [-0.25, -0.2) is 0 Å². The lowest BCUT2D eigenvalue weighted by atomic mass is 10.1. The summed E-state index contributed by atoms with van der Waals surface area (Å²) in [5.74, 6) is 2.95. The van der Waals surface area contributed by atoms with Crippen molar-refractivity contribution in [2.75, 3.05) is 7.05 Å². The molecule has 0 aliphatic heterocycles. The van der Waals surface area contributed by atoms with Crippen molar-refractivity contribution in [1.82, 2.24) is 25.1 Å². The van der Waals surface area contributed by atoms with Gasteiger partial charge >= 0.3 is 0 Å². The summed E-state index contributed by atoms with van der Waals surface area (Å²) >= 11 is 0. The second-order valence-corrected chi connectivity index (χ2v) is 6.56. The average molecular weight is 337 g/mol. The first-order valence-electron chi connectivity index (χ1n) is 8.30. The highest BCUT2D eigenvalue weighted by Crippen LogP contribution is 2.47. The smallest absolute Gasteiger partial charge is 0.256 e. The summed E-state index contributed by atoms with van der Waals surface area (Å²) in [6.07, 6.45) is 2.66. The van der Waals surface area contributed by atoms with E-state index in [4.69, 9.17) is 4.42 Å². The lowest BCUT2D eigenvalue weighted by Crippen LogP contribution is -2.27. The highest BCUT2D eigenvalue weighted by molar-refractivity contribution is 5.97. The highest BCUT2D eigenvalue weighted by Gasteiger charge is 2.36. The Kier molecular flexibility index (Phi) is 3.83. The fourth-order valence-corrected chi connectivity index (χ4v) is 3.03. The van der Waals surface area contributed by atoms with Gasteiger partial charge in [0.25, 0.3) is 5.91 Å². The molecule has 0 saturated heterocycles. The Bertz CT molecular complexity index is 887. The first kappa shape index (κ1) is 15.6. The van der Waals surface area contributed by atoms with Crippen LogP contribution < -0.4 is 0 Å². The Morgan fingerprint density at radius 2 is 2.12 bits per heavy atom. The SMILES string of the molecule is C[C@@H]1C[C@@H]1c1ccc(CN(C)C(=O)c2ccccc2-n2cnnn2)o1. The van der Waals surface area contributed by atoms with Gasteiger partial charge in [0.05, 0.1) is 17.8 Å². The lowest BCUT2D eigenvalue weighted by molar-refractivity contribution is 0.0774. The zero-order chi connectivity index (χ0) is 17.4. The molecule has 1 saturated carbocycles. The average Bonchev–Trinajstić information content (AvgIpc) is 3.05. The third-order valence-corrected chi connectivity index (χ3v) is 4.63. The molecule has 1 fully saturated rings. The quantitative estimate of drug-likeness (QED) is 0.715. The Morgan fingerprint density at radius 3 is 2.84 bits per heavy atom. The third kappa shape index (κ3) is 3.05. The minimum absolute atomic E-state index is 0.108. The van der Waals surface area contributed by atoms with Crippen molar-refractivity contribution in [2.45, 2.75) is 25.8 Å². The summed E-state index contributed by atoms with van der Waals surface area (Å²) in [6, 6.07) is 11.2. The predicted octanol–water partition coefficient (Wildman–Crippen LogP) is 2.65. The Morgan fingerprint density at radius 1 is 1.32 bits per heavy atom. The fraction of sp³-hybridized carbons (Fsp3) is 0.333. The van der Waals surface area contributed by atoms with Gasteiger partial charge in [-0.2, -0.15) is 4.68 Å². The molecule has 7 nitrogen and oxygen atoms in total. The molecule has 1 aromatic carbocycles. The normalized spacial score (nSPS) is 19.0. The van der Waals surface area contributed by atoms with Crippen LogP contribution >= 0.6 is 0 Å².